The Hall–Kier alpha value is -4.27. The molecule has 5 aromatic rings. The molecule has 0 saturated carbocycles. The monoisotopic (exact) mass is 551 g/mol. The molecular formula is C25H26FN9O3S. The highest BCUT2D eigenvalue weighted by Crippen LogP contribution is 2.32. The van der Waals surface area contributed by atoms with Crippen LogP contribution in [-0.2, 0) is 25.1 Å². The summed E-state index contributed by atoms with van der Waals surface area (Å²) < 4.78 is 44.6. The molecule has 0 radical (unpaired) electrons. The summed E-state index contributed by atoms with van der Waals surface area (Å²) in [4.78, 5) is 14.1. The molecule has 12 nitrogen and oxygen atoms in total. The third-order valence-corrected chi connectivity index (χ3v) is 6.96. The topological polar surface area (TPSA) is 123 Å². The third kappa shape index (κ3) is 5.34. The van der Waals surface area contributed by atoms with Crippen molar-refractivity contribution in [3.05, 3.63) is 72.1 Å². The van der Waals surface area contributed by atoms with Gasteiger partial charge in [0.15, 0.2) is 28.8 Å². The fraction of sp³-hybridized carbons (Fsp3) is 0.240. The molecule has 202 valence electrons. The van der Waals surface area contributed by atoms with Crippen molar-refractivity contribution in [2.75, 3.05) is 28.3 Å². The average Bonchev–Trinajstić information content (AvgIpc) is 3.59. The molecule has 0 fully saturated rings. The highest BCUT2D eigenvalue weighted by molar-refractivity contribution is 7.87. The molecule has 14 heteroatoms. The fourth-order valence-corrected chi connectivity index (χ4v) is 4.58. The number of halogens is 1. The number of ether oxygens (including phenoxy) is 2. The van der Waals surface area contributed by atoms with Crippen LogP contribution in [-0.4, -0.2) is 70.7 Å². The van der Waals surface area contributed by atoms with Gasteiger partial charge in [-0.2, -0.15) is 5.10 Å². The highest BCUT2D eigenvalue weighted by Gasteiger charge is 2.17. The van der Waals surface area contributed by atoms with Crippen molar-refractivity contribution in [1.82, 2.24) is 37.8 Å². The third-order valence-electron chi connectivity index (χ3n) is 5.82. The van der Waals surface area contributed by atoms with Gasteiger partial charge in [-0.05, 0) is 12.1 Å². The molecule has 0 aliphatic rings. The van der Waals surface area contributed by atoms with Gasteiger partial charge < -0.3 is 18.6 Å². The Balaban J connectivity index is 1.72. The molecule has 0 amide bonds. The second-order valence-corrected chi connectivity index (χ2v) is 10.3. The maximum Gasteiger partial charge on any atom is 0.191 e. The smallest absolute Gasteiger partial charge is 0.191 e. The van der Waals surface area contributed by atoms with Gasteiger partial charge in [0.05, 0.1) is 51.2 Å². The molecule has 1 aromatic carbocycles. The summed E-state index contributed by atoms with van der Waals surface area (Å²) in [7, 11) is 8.07. The predicted molar refractivity (Wildman–Crippen MR) is 143 cm³/mol. The molecule has 0 spiro atoms. The zero-order valence-corrected chi connectivity index (χ0v) is 22.8. The summed E-state index contributed by atoms with van der Waals surface area (Å²) >= 11 is -1.48. The molecule has 4 heterocycles. The lowest BCUT2D eigenvalue weighted by Gasteiger charge is -2.13. The standard InChI is InChI=1S/C25H26FN9O3S/c1-32(2)39(36)35-14-16(10-29-35)13-34-23(30-20-8-18(37-4)9-22(38-5)24(20)26)7-6-19-25(34)31-21(12-27-19)17-11-28-33(3)15-17/h6-12,14-15H,13H2,1-5H3/b30-23+. The van der Waals surface area contributed by atoms with Gasteiger partial charge in [-0.1, -0.05) is 4.09 Å². The summed E-state index contributed by atoms with van der Waals surface area (Å²) in [5, 5.41) is 8.47. The van der Waals surface area contributed by atoms with E-state index in [0.29, 0.717) is 28.1 Å². The zero-order valence-electron chi connectivity index (χ0n) is 21.9. The van der Waals surface area contributed by atoms with Crippen LogP contribution in [0.2, 0.25) is 0 Å². The molecule has 0 aliphatic carbocycles. The van der Waals surface area contributed by atoms with Crippen molar-refractivity contribution in [1.29, 1.82) is 0 Å². The Morgan fingerprint density at radius 3 is 2.59 bits per heavy atom. The van der Waals surface area contributed by atoms with Gasteiger partial charge in [0.1, 0.15) is 22.4 Å². The Bertz CT molecular complexity index is 1710. The Labute approximate surface area is 226 Å². The van der Waals surface area contributed by atoms with Crippen LogP contribution in [0, 0.1) is 5.82 Å². The Morgan fingerprint density at radius 2 is 1.90 bits per heavy atom. The van der Waals surface area contributed by atoms with Crippen LogP contribution in [0.3, 0.4) is 0 Å². The van der Waals surface area contributed by atoms with Gasteiger partial charge in [0, 0.05) is 50.6 Å². The molecule has 0 bridgehead atoms. The normalized spacial score (nSPS) is 12.9. The lowest BCUT2D eigenvalue weighted by Crippen LogP contribution is -2.29. The van der Waals surface area contributed by atoms with E-state index in [1.165, 1.54) is 34.7 Å². The van der Waals surface area contributed by atoms with E-state index in [-0.39, 0.29) is 18.0 Å². The van der Waals surface area contributed by atoms with Crippen molar-refractivity contribution >= 4 is 28.4 Å². The van der Waals surface area contributed by atoms with Crippen LogP contribution in [0.15, 0.2) is 60.2 Å². The first kappa shape index (κ1) is 26.3. The van der Waals surface area contributed by atoms with E-state index in [2.05, 4.69) is 20.2 Å². The van der Waals surface area contributed by atoms with E-state index in [0.717, 1.165) is 11.1 Å². The summed E-state index contributed by atoms with van der Waals surface area (Å²) in [6.07, 6.45) is 8.51. The van der Waals surface area contributed by atoms with Gasteiger partial charge >= 0.3 is 0 Å². The zero-order chi connectivity index (χ0) is 27.7. The van der Waals surface area contributed by atoms with Crippen LogP contribution < -0.4 is 15.0 Å². The first-order chi connectivity index (χ1) is 18.8. The van der Waals surface area contributed by atoms with Crippen molar-refractivity contribution in [3.8, 4) is 22.8 Å². The maximum absolute atomic E-state index is 15.2. The summed E-state index contributed by atoms with van der Waals surface area (Å²) in [5.41, 5.74) is 3.68. The van der Waals surface area contributed by atoms with E-state index in [4.69, 9.17) is 14.5 Å². The number of pyridine rings is 1. The van der Waals surface area contributed by atoms with Gasteiger partial charge in [-0.15, -0.1) is 9.40 Å². The van der Waals surface area contributed by atoms with E-state index in [1.54, 1.807) is 60.3 Å². The molecule has 5 rings (SSSR count). The lowest BCUT2D eigenvalue weighted by atomic mass is 10.2. The molecule has 1 atom stereocenters. The number of benzene rings is 1. The molecular weight excluding hydrogens is 525 g/mol. The lowest BCUT2D eigenvalue weighted by molar-refractivity contribution is 0.374. The second-order valence-electron chi connectivity index (χ2n) is 8.71. The number of hydrogen-bond donors (Lipinski definition) is 0. The van der Waals surface area contributed by atoms with Gasteiger partial charge in [0.25, 0.3) is 0 Å². The minimum Gasteiger partial charge on any atom is -0.572 e. The van der Waals surface area contributed by atoms with E-state index in [1.807, 2.05) is 13.2 Å². The number of hydrogen-bond acceptors (Lipinski definition) is 9. The summed E-state index contributed by atoms with van der Waals surface area (Å²) in [6.45, 7) is 0.245. The first-order valence-corrected chi connectivity index (χ1v) is 12.8. The van der Waals surface area contributed by atoms with Crippen molar-refractivity contribution in [2.45, 2.75) is 6.54 Å². The average molecular weight is 552 g/mol. The predicted octanol–water partition coefficient (Wildman–Crippen LogP) is 2.45. The minimum absolute atomic E-state index is 0.00605. The fourth-order valence-electron chi connectivity index (χ4n) is 3.89. The molecule has 0 aliphatic heterocycles. The van der Waals surface area contributed by atoms with Crippen LogP contribution in [0.4, 0.5) is 10.1 Å². The summed E-state index contributed by atoms with van der Waals surface area (Å²) in [6, 6.07) is 6.44. The Kier molecular flexibility index (Phi) is 7.32. The first-order valence-electron chi connectivity index (χ1n) is 11.7. The van der Waals surface area contributed by atoms with Crippen molar-refractivity contribution in [3.63, 3.8) is 0 Å². The minimum atomic E-state index is -1.48. The number of aryl methyl sites for hydroxylation is 1. The quantitative estimate of drug-likeness (QED) is 0.270. The number of aromatic nitrogens is 7. The van der Waals surface area contributed by atoms with Gasteiger partial charge in [0.2, 0.25) is 0 Å². The number of nitrogens with zero attached hydrogens (tertiary/aromatic N) is 9. The molecule has 39 heavy (non-hydrogen) atoms. The molecule has 4 aromatic heterocycles. The number of rotatable bonds is 8. The van der Waals surface area contributed by atoms with Gasteiger partial charge in [-0.3, -0.25) is 9.67 Å². The van der Waals surface area contributed by atoms with E-state index < -0.39 is 17.4 Å². The van der Waals surface area contributed by atoms with Crippen molar-refractivity contribution in [2.24, 2.45) is 12.0 Å². The molecule has 0 saturated heterocycles. The van der Waals surface area contributed by atoms with Crippen LogP contribution in [0.5, 0.6) is 11.5 Å². The van der Waals surface area contributed by atoms with Gasteiger partial charge in [-0.25, -0.2) is 14.4 Å². The largest absolute Gasteiger partial charge is 0.572 e. The van der Waals surface area contributed by atoms with E-state index in [9.17, 15) is 4.55 Å². The SMILES string of the molecule is COc1cc(/N=c2\ccc3ncc(-c4cnn(C)c4)nc3n2Cc2cnn([S+]([O-])N(C)C)c2)c(F)c(OC)c1. The van der Waals surface area contributed by atoms with E-state index >= 15 is 4.39 Å². The maximum atomic E-state index is 15.2. The Morgan fingerprint density at radius 1 is 1.08 bits per heavy atom. The van der Waals surface area contributed by atoms with Crippen molar-refractivity contribution < 1.29 is 18.4 Å². The second kappa shape index (κ2) is 10.8. The molecule has 1 unspecified atom stereocenters. The van der Waals surface area contributed by atoms with Crippen LogP contribution >= 0.6 is 0 Å². The number of methoxy groups -OCH3 is 2. The van der Waals surface area contributed by atoms with Crippen LogP contribution in [0.1, 0.15) is 5.56 Å². The van der Waals surface area contributed by atoms with Crippen LogP contribution in [0.25, 0.3) is 22.4 Å². The molecule has 0 N–H and O–H groups in total. The summed E-state index contributed by atoms with van der Waals surface area (Å²) in [5.74, 6) is -0.230. The highest BCUT2D eigenvalue weighted by atomic mass is 32.2. The number of fused-ring (bicyclic) bond motifs is 1.